The fraction of sp³-hybridized carbons (Fsp3) is 0.0769. The van der Waals surface area contributed by atoms with Gasteiger partial charge < -0.3 is 0 Å². The molecule has 1 aromatic carbocycles. The van der Waals surface area contributed by atoms with Crippen LogP contribution in [-0.4, -0.2) is 11.3 Å². The van der Waals surface area contributed by atoms with Crippen molar-refractivity contribution in [3.05, 3.63) is 53.6 Å². The van der Waals surface area contributed by atoms with Crippen molar-refractivity contribution in [1.29, 1.82) is 0 Å². The SMILES string of the molecule is O=Cc1cnc(F)c(-c2cccc(C(F)(F)F)c2)c1. The van der Waals surface area contributed by atoms with E-state index in [1.165, 1.54) is 12.1 Å². The van der Waals surface area contributed by atoms with Crippen LogP contribution in [0.5, 0.6) is 0 Å². The Labute approximate surface area is 105 Å². The smallest absolute Gasteiger partial charge is 0.298 e. The molecule has 0 spiro atoms. The zero-order valence-corrected chi connectivity index (χ0v) is 9.41. The lowest BCUT2D eigenvalue weighted by molar-refractivity contribution is -0.137. The zero-order valence-electron chi connectivity index (χ0n) is 9.41. The first kappa shape index (κ1) is 13.2. The van der Waals surface area contributed by atoms with E-state index in [-0.39, 0.29) is 16.7 Å². The minimum Gasteiger partial charge on any atom is -0.298 e. The summed E-state index contributed by atoms with van der Waals surface area (Å²) in [6.07, 6.45) is -3.05. The van der Waals surface area contributed by atoms with Gasteiger partial charge in [0.2, 0.25) is 5.95 Å². The molecule has 1 heterocycles. The minimum absolute atomic E-state index is 0.0172. The molecule has 6 heteroatoms. The summed E-state index contributed by atoms with van der Waals surface area (Å²) < 4.78 is 51.2. The van der Waals surface area contributed by atoms with E-state index < -0.39 is 17.7 Å². The van der Waals surface area contributed by atoms with Gasteiger partial charge in [0.15, 0.2) is 6.29 Å². The van der Waals surface area contributed by atoms with Crippen molar-refractivity contribution in [1.82, 2.24) is 4.98 Å². The van der Waals surface area contributed by atoms with Crippen LogP contribution < -0.4 is 0 Å². The van der Waals surface area contributed by atoms with E-state index in [0.717, 1.165) is 24.4 Å². The van der Waals surface area contributed by atoms with Gasteiger partial charge in [-0.05, 0) is 23.8 Å². The lowest BCUT2D eigenvalue weighted by atomic mass is 10.0. The zero-order chi connectivity index (χ0) is 14.0. The van der Waals surface area contributed by atoms with Gasteiger partial charge in [0.25, 0.3) is 0 Å². The number of hydrogen-bond acceptors (Lipinski definition) is 2. The van der Waals surface area contributed by atoms with E-state index in [4.69, 9.17) is 0 Å². The summed E-state index contributed by atoms with van der Waals surface area (Å²) in [4.78, 5) is 13.9. The molecule has 0 aliphatic heterocycles. The molecule has 1 aromatic heterocycles. The number of nitrogens with zero attached hydrogens (tertiary/aromatic N) is 1. The Morgan fingerprint density at radius 2 is 1.89 bits per heavy atom. The van der Waals surface area contributed by atoms with Crippen molar-refractivity contribution in [2.24, 2.45) is 0 Å². The number of carbonyl (C=O) groups excluding carboxylic acids is 1. The molecule has 0 bridgehead atoms. The van der Waals surface area contributed by atoms with Crippen LogP contribution in [0.15, 0.2) is 36.5 Å². The highest BCUT2D eigenvalue weighted by atomic mass is 19.4. The maximum Gasteiger partial charge on any atom is 0.416 e. The van der Waals surface area contributed by atoms with E-state index in [1.807, 2.05) is 0 Å². The predicted octanol–water partition coefficient (Wildman–Crippen LogP) is 3.72. The highest BCUT2D eigenvalue weighted by molar-refractivity contribution is 5.78. The molecule has 2 rings (SSSR count). The van der Waals surface area contributed by atoms with Crippen molar-refractivity contribution in [3.63, 3.8) is 0 Å². The van der Waals surface area contributed by atoms with E-state index >= 15 is 0 Å². The maximum absolute atomic E-state index is 13.5. The first-order chi connectivity index (χ1) is 8.91. The lowest BCUT2D eigenvalue weighted by Crippen LogP contribution is -2.04. The standard InChI is InChI=1S/C13H7F4NO/c14-12-11(4-8(7-19)6-18-12)9-2-1-3-10(5-9)13(15,16)17/h1-7H. The van der Waals surface area contributed by atoms with Crippen LogP contribution in [0, 0.1) is 5.95 Å². The van der Waals surface area contributed by atoms with Gasteiger partial charge in [-0.25, -0.2) is 4.98 Å². The van der Waals surface area contributed by atoms with Crippen LogP contribution in [0.4, 0.5) is 17.6 Å². The number of alkyl halides is 3. The second-order valence-electron chi connectivity index (χ2n) is 3.80. The summed E-state index contributed by atoms with van der Waals surface area (Å²) in [7, 11) is 0. The van der Waals surface area contributed by atoms with Crippen LogP contribution in [-0.2, 0) is 6.18 Å². The number of benzene rings is 1. The molecular formula is C13H7F4NO. The molecule has 0 atom stereocenters. The van der Waals surface area contributed by atoms with E-state index in [1.54, 1.807) is 0 Å². The molecule has 0 radical (unpaired) electrons. The van der Waals surface area contributed by atoms with E-state index in [2.05, 4.69) is 4.98 Å². The van der Waals surface area contributed by atoms with Gasteiger partial charge >= 0.3 is 6.18 Å². The molecule has 0 fully saturated rings. The fourth-order valence-electron chi connectivity index (χ4n) is 1.59. The summed E-state index contributed by atoms with van der Waals surface area (Å²) in [5.74, 6) is -0.926. The molecule has 0 N–H and O–H groups in total. The summed E-state index contributed by atoms with van der Waals surface area (Å²) in [5, 5.41) is 0. The number of aromatic nitrogens is 1. The minimum atomic E-state index is -4.51. The number of aldehydes is 1. The molecule has 0 saturated heterocycles. The van der Waals surface area contributed by atoms with Crippen LogP contribution in [0.3, 0.4) is 0 Å². The first-order valence-electron chi connectivity index (χ1n) is 5.20. The van der Waals surface area contributed by atoms with E-state index in [0.29, 0.717) is 6.29 Å². The van der Waals surface area contributed by atoms with Crippen molar-refractivity contribution in [3.8, 4) is 11.1 Å². The lowest BCUT2D eigenvalue weighted by Gasteiger charge is -2.09. The van der Waals surface area contributed by atoms with Crippen molar-refractivity contribution >= 4 is 6.29 Å². The molecule has 0 aliphatic carbocycles. The van der Waals surface area contributed by atoms with Gasteiger partial charge in [-0.3, -0.25) is 4.79 Å². The van der Waals surface area contributed by atoms with Crippen LogP contribution >= 0.6 is 0 Å². The molecule has 0 unspecified atom stereocenters. The second kappa shape index (κ2) is 4.79. The average Bonchev–Trinajstić information content (AvgIpc) is 2.38. The Hall–Kier alpha value is -2.24. The molecule has 0 amide bonds. The Balaban J connectivity index is 2.56. The fourth-order valence-corrected chi connectivity index (χ4v) is 1.59. The molecular weight excluding hydrogens is 262 g/mol. The molecule has 98 valence electrons. The van der Waals surface area contributed by atoms with Crippen molar-refractivity contribution < 1.29 is 22.4 Å². The summed E-state index contributed by atoms with van der Waals surface area (Å²) in [5.41, 5.74) is -0.922. The Morgan fingerprint density at radius 3 is 2.53 bits per heavy atom. The topological polar surface area (TPSA) is 30.0 Å². The molecule has 0 saturated carbocycles. The number of pyridine rings is 1. The third kappa shape index (κ3) is 2.78. The quantitative estimate of drug-likeness (QED) is 0.472. The predicted molar refractivity (Wildman–Crippen MR) is 60.0 cm³/mol. The third-order valence-corrected chi connectivity index (χ3v) is 2.50. The van der Waals surface area contributed by atoms with Gasteiger partial charge in [0, 0.05) is 17.3 Å². The number of rotatable bonds is 2. The summed E-state index contributed by atoms with van der Waals surface area (Å²) in [6.45, 7) is 0. The highest BCUT2D eigenvalue weighted by Gasteiger charge is 2.30. The van der Waals surface area contributed by atoms with Crippen molar-refractivity contribution in [2.45, 2.75) is 6.18 Å². The molecule has 19 heavy (non-hydrogen) atoms. The normalized spacial score (nSPS) is 11.4. The van der Waals surface area contributed by atoms with Gasteiger partial charge in [0.1, 0.15) is 0 Å². The number of carbonyl (C=O) groups is 1. The van der Waals surface area contributed by atoms with Gasteiger partial charge in [-0.15, -0.1) is 0 Å². The molecule has 2 nitrogen and oxygen atoms in total. The van der Waals surface area contributed by atoms with Crippen molar-refractivity contribution in [2.75, 3.05) is 0 Å². The van der Waals surface area contributed by atoms with Crippen LogP contribution in [0.1, 0.15) is 15.9 Å². The monoisotopic (exact) mass is 269 g/mol. The van der Waals surface area contributed by atoms with Gasteiger partial charge in [-0.2, -0.15) is 17.6 Å². The Bertz CT molecular complexity index is 622. The number of halogens is 4. The largest absolute Gasteiger partial charge is 0.416 e. The Kier molecular flexibility index (Phi) is 3.33. The van der Waals surface area contributed by atoms with Crippen LogP contribution in [0.2, 0.25) is 0 Å². The van der Waals surface area contributed by atoms with Crippen LogP contribution in [0.25, 0.3) is 11.1 Å². The van der Waals surface area contributed by atoms with E-state index in [9.17, 15) is 22.4 Å². The maximum atomic E-state index is 13.5. The Morgan fingerprint density at radius 1 is 1.16 bits per heavy atom. The summed E-state index contributed by atoms with van der Waals surface area (Å²) in [6, 6.07) is 5.35. The first-order valence-corrected chi connectivity index (χ1v) is 5.20. The highest BCUT2D eigenvalue weighted by Crippen LogP contribution is 2.32. The van der Waals surface area contributed by atoms with Gasteiger partial charge in [0.05, 0.1) is 5.56 Å². The second-order valence-corrected chi connectivity index (χ2v) is 3.80. The molecule has 2 aromatic rings. The van der Waals surface area contributed by atoms with Gasteiger partial charge in [-0.1, -0.05) is 12.1 Å². The number of hydrogen-bond donors (Lipinski definition) is 0. The molecule has 0 aliphatic rings. The summed E-state index contributed by atoms with van der Waals surface area (Å²) >= 11 is 0. The third-order valence-electron chi connectivity index (χ3n) is 2.50. The average molecular weight is 269 g/mol.